The van der Waals surface area contributed by atoms with Gasteiger partial charge in [-0.3, -0.25) is 58.0 Å². The number of likely N-dealkylation sites (tertiary alicyclic amines) is 4. The van der Waals surface area contributed by atoms with Gasteiger partial charge in [-0.25, -0.2) is 17.6 Å². The standard InChI is InChI=1S/4C16H16FNO2/c4*1-4-16(5-2)13(10-14(19)18(3)15(16)20)11-6-8-12(17)9-7-11/h4*4-9,13H,1-2,10H2,3H3. The average Bonchev–Trinajstić information content (AvgIpc) is 3.46. The van der Waals surface area contributed by atoms with Gasteiger partial charge in [-0.1, -0.05) is 97.1 Å². The Morgan fingerprint density at radius 2 is 0.450 bits per heavy atom. The summed E-state index contributed by atoms with van der Waals surface area (Å²) in [7, 11) is 5.81. The molecule has 4 saturated heterocycles. The van der Waals surface area contributed by atoms with E-state index in [4.69, 9.17) is 0 Å². The molecule has 16 heteroatoms. The molecule has 4 aliphatic heterocycles. The largest absolute Gasteiger partial charge is 0.285 e. The molecule has 416 valence electrons. The van der Waals surface area contributed by atoms with E-state index in [2.05, 4.69) is 52.6 Å². The maximum Gasteiger partial charge on any atom is 0.243 e. The zero-order chi connectivity index (χ0) is 59.7. The lowest BCUT2D eigenvalue weighted by Gasteiger charge is -2.41. The maximum atomic E-state index is 13.0. The molecule has 0 saturated carbocycles. The Morgan fingerprint density at radius 3 is 0.575 bits per heavy atom. The average molecular weight is 1090 g/mol. The highest BCUT2D eigenvalue weighted by Crippen LogP contribution is 2.49. The number of piperidine rings is 4. The monoisotopic (exact) mass is 1090 g/mol. The van der Waals surface area contributed by atoms with E-state index < -0.39 is 45.3 Å². The first kappa shape index (κ1) is 61.9. The number of hydrogen-bond acceptors (Lipinski definition) is 8. The molecule has 12 nitrogen and oxygen atoms in total. The van der Waals surface area contributed by atoms with E-state index in [9.17, 15) is 55.9 Å². The Hall–Kier alpha value is -8.92. The number of nitrogens with zero attached hydrogens (tertiary/aromatic N) is 4. The van der Waals surface area contributed by atoms with E-state index in [1.54, 1.807) is 48.5 Å². The van der Waals surface area contributed by atoms with Crippen LogP contribution in [0.4, 0.5) is 17.6 Å². The predicted octanol–water partition coefficient (Wildman–Crippen LogP) is 10.6. The van der Waals surface area contributed by atoms with Crippen molar-refractivity contribution in [3.8, 4) is 0 Å². The Kier molecular flexibility index (Phi) is 19.5. The number of hydrogen-bond donors (Lipinski definition) is 0. The van der Waals surface area contributed by atoms with Crippen LogP contribution in [0, 0.1) is 44.9 Å². The second-order valence-electron chi connectivity index (χ2n) is 19.6. The molecule has 4 aliphatic rings. The van der Waals surface area contributed by atoms with E-state index in [0.29, 0.717) is 0 Å². The van der Waals surface area contributed by atoms with Gasteiger partial charge in [0.2, 0.25) is 47.3 Å². The smallest absolute Gasteiger partial charge is 0.243 e. The highest BCUT2D eigenvalue weighted by atomic mass is 19.1. The van der Waals surface area contributed by atoms with Crippen molar-refractivity contribution in [2.75, 3.05) is 28.2 Å². The normalized spacial score (nSPS) is 21.7. The first-order valence-electron chi connectivity index (χ1n) is 25.2. The van der Waals surface area contributed by atoms with Crippen molar-refractivity contribution in [2.24, 2.45) is 21.7 Å². The topological polar surface area (TPSA) is 150 Å². The van der Waals surface area contributed by atoms with Crippen molar-refractivity contribution in [1.82, 2.24) is 19.6 Å². The third kappa shape index (κ3) is 11.5. The predicted molar refractivity (Wildman–Crippen MR) is 297 cm³/mol. The molecule has 0 radical (unpaired) electrons. The van der Waals surface area contributed by atoms with Gasteiger partial charge in [-0.15, -0.1) is 52.6 Å². The van der Waals surface area contributed by atoms with E-state index in [1.165, 1.54) is 125 Å². The van der Waals surface area contributed by atoms with E-state index in [1.807, 2.05) is 0 Å². The number of benzene rings is 4. The van der Waals surface area contributed by atoms with E-state index in [-0.39, 0.29) is 96.2 Å². The molecule has 8 amide bonds. The van der Waals surface area contributed by atoms with E-state index >= 15 is 0 Å². The van der Waals surface area contributed by atoms with Crippen LogP contribution < -0.4 is 0 Å². The number of halogens is 4. The summed E-state index contributed by atoms with van der Waals surface area (Å²) in [5, 5.41) is 0. The SMILES string of the molecule is C=CC1(C=C)C(=O)N(C)C(=O)CC1c1ccc(F)cc1.C=CC1(C=C)C(=O)N(C)C(=O)CC1c1ccc(F)cc1.C=CC1(C=C)C(=O)N(C)C(=O)CC1c1ccc(F)cc1.C=CC1(C=C)C(=O)N(C)C(=O)CC1c1ccc(F)cc1. The summed E-state index contributed by atoms with van der Waals surface area (Å²) in [5.74, 6) is -5.53. The number of imide groups is 4. The number of carbonyl (C=O) groups is 8. The summed E-state index contributed by atoms with van der Waals surface area (Å²) in [6.07, 6.45) is 12.7. The minimum absolute atomic E-state index is 0.159. The third-order valence-electron chi connectivity index (χ3n) is 15.8. The fraction of sp³-hybridized carbons (Fsp3) is 0.250. The van der Waals surface area contributed by atoms with Crippen LogP contribution in [0.3, 0.4) is 0 Å². The molecule has 0 N–H and O–H groups in total. The quantitative estimate of drug-likeness (QED) is 0.0773. The molecule has 0 aromatic heterocycles. The lowest BCUT2D eigenvalue weighted by Crippen LogP contribution is -2.51. The Bertz CT molecular complexity index is 2700. The zero-order valence-electron chi connectivity index (χ0n) is 45.2. The Labute approximate surface area is 464 Å². The van der Waals surface area contributed by atoms with Crippen LogP contribution in [0.25, 0.3) is 0 Å². The van der Waals surface area contributed by atoms with Crippen LogP contribution in [0.1, 0.15) is 71.6 Å². The molecule has 0 aliphatic carbocycles. The molecule has 8 rings (SSSR count). The zero-order valence-corrected chi connectivity index (χ0v) is 45.2. The summed E-state index contributed by atoms with van der Waals surface area (Å²) < 4.78 is 52.2. The van der Waals surface area contributed by atoms with Gasteiger partial charge in [-0.05, 0) is 70.8 Å². The van der Waals surface area contributed by atoms with E-state index in [0.717, 1.165) is 41.9 Å². The molecule has 4 fully saturated rings. The number of carbonyl (C=O) groups excluding carboxylic acids is 8. The lowest BCUT2D eigenvalue weighted by molar-refractivity contribution is -0.154. The molecular formula is C64H64F4N4O8. The number of rotatable bonds is 12. The second-order valence-corrected chi connectivity index (χ2v) is 19.6. The molecule has 0 spiro atoms. The van der Waals surface area contributed by atoms with Gasteiger partial charge in [0.05, 0.1) is 21.7 Å². The molecule has 4 aromatic carbocycles. The minimum atomic E-state index is -1.04. The van der Waals surface area contributed by atoms with Gasteiger partial charge in [0, 0.05) is 77.5 Å². The summed E-state index contributed by atoms with van der Waals surface area (Å²) in [6, 6.07) is 23.3. The molecule has 0 bridgehead atoms. The van der Waals surface area contributed by atoms with Crippen LogP contribution in [0.15, 0.2) is 198 Å². The molecule has 4 unspecified atom stereocenters. The minimum Gasteiger partial charge on any atom is -0.285 e. The highest BCUT2D eigenvalue weighted by molar-refractivity contribution is 6.06. The number of amides is 8. The van der Waals surface area contributed by atoms with Crippen molar-refractivity contribution in [3.05, 3.63) is 244 Å². The van der Waals surface area contributed by atoms with Crippen LogP contribution in [0.2, 0.25) is 0 Å². The van der Waals surface area contributed by atoms with Crippen molar-refractivity contribution < 1.29 is 55.9 Å². The van der Waals surface area contributed by atoms with Gasteiger partial charge in [0.1, 0.15) is 23.3 Å². The summed E-state index contributed by atoms with van der Waals surface area (Å²) in [4.78, 5) is 102. The van der Waals surface area contributed by atoms with Crippen LogP contribution in [-0.4, -0.2) is 95.0 Å². The molecular weight excluding hydrogens is 1030 g/mol. The van der Waals surface area contributed by atoms with Crippen LogP contribution >= 0.6 is 0 Å². The summed E-state index contributed by atoms with van der Waals surface area (Å²) in [6.45, 7) is 29.8. The van der Waals surface area contributed by atoms with Crippen molar-refractivity contribution in [1.29, 1.82) is 0 Å². The summed E-state index contributed by atoms with van der Waals surface area (Å²) >= 11 is 0. The van der Waals surface area contributed by atoms with Gasteiger partial charge >= 0.3 is 0 Å². The Balaban J connectivity index is 0.000000196. The first-order chi connectivity index (χ1) is 37.8. The van der Waals surface area contributed by atoms with Gasteiger partial charge < -0.3 is 0 Å². The van der Waals surface area contributed by atoms with Gasteiger partial charge in [-0.2, -0.15) is 0 Å². The van der Waals surface area contributed by atoms with Crippen LogP contribution in [0.5, 0.6) is 0 Å². The Morgan fingerprint density at radius 1 is 0.312 bits per heavy atom. The van der Waals surface area contributed by atoms with Crippen LogP contribution in [-0.2, 0) is 38.4 Å². The first-order valence-corrected chi connectivity index (χ1v) is 25.2. The molecule has 4 aromatic rings. The summed E-state index contributed by atoms with van der Waals surface area (Å²) in [5.41, 5.74) is -1.27. The fourth-order valence-corrected chi connectivity index (χ4v) is 10.7. The van der Waals surface area contributed by atoms with Gasteiger partial charge in [0.15, 0.2) is 0 Å². The van der Waals surface area contributed by atoms with Crippen molar-refractivity contribution in [3.63, 3.8) is 0 Å². The molecule has 4 atom stereocenters. The highest BCUT2D eigenvalue weighted by Gasteiger charge is 2.53. The third-order valence-corrected chi connectivity index (χ3v) is 15.8. The lowest BCUT2D eigenvalue weighted by atomic mass is 9.67. The van der Waals surface area contributed by atoms with Gasteiger partial charge in [0.25, 0.3) is 0 Å². The second kappa shape index (κ2) is 25.3. The van der Waals surface area contributed by atoms with Crippen molar-refractivity contribution >= 4 is 47.3 Å². The maximum absolute atomic E-state index is 13.0. The molecule has 80 heavy (non-hydrogen) atoms. The molecule has 4 heterocycles. The fourth-order valence-electron chi connectivity index (χ4n) is 10.7. The van der Waals surface area contributed by atoms with Crippen molar-refractivity contribution in [2.45, 2.75) is 49.4 Å².